The average molecular weight is 359 g/mol. The van der Waals surface area contributed by atoms with Crippen molar-refractivity contribution < 1.29 is 4.79 Å². The summed E-state index contributed by atoms with van der Waals surface area (Å²) in [6, 6.07) is 9.99. The van der Waals surface area contributed by atoms with Gasteiger partial charge in [-0.15, -0.1) is 0 Å². The van der Waals surface area contributed by atoms with Gasteiger partial charge in [0.1, 0.15) is 0 Å². The molecule has 4 fully saturated rings. The fraction of sp³-hybridized carbons (Fsp3) is 0.478. The van der Waals surface area contributed by atoms with E-state index in [0.29, 0.717) is 12.4 Å². The lowest BCUT2D eigenvalue weighted by molar-refractivity contribution is -0.0101. The van der Waals surface area contributed by atoms with E-state index in [1.165, 1.54) is 38.5 Å². The van der Waals surface area contributed by atoms with Crippen LogP contribution < -0.4 is 10.6 Å². The third-order valence-electron chi connectivity index (χ3n) is 7.47. The Labute approximate surface area is 159 Å². The molecule has 27 heavy (non-hydrogen) atoms. The van der Waals surface area contributed by atoms with Crippen molar-refractivity contribution in [1.82, 2.24) is 5.32 Å². The van der Waals surface area contributed by atoms with Crippen molar-refractivity contribution in [2.45, 2.75) is 50.5 Å². The summed E-state index contributed by atoms with van der Waals surface area (Å²) >= 11 is 0. The third-order valence-corrected chi connectivity index (χ3v) is 7.47. The first-order valence-electron chi connectivity index (χ1n) is 10.3. The standard InChI is InChI=1S/C23H25N3O/c24-22(26-23-10-13-6-14(11-23)8-15(7-13)12-23)25-19-5-4-18-20(27)9-16-2-1-3-17(19)21(16)18/h1-5,13-15H,6-12H2,(H3,24,25,26). The van der Waals surface area contributed by atoms with Gasteiger partial charge >= 0.3 is 0 Å². The predicted octanol–water partition coefficient (Wildman–Crippen LogP) is 4.48. The molecule has 0 aliphatic heterocycles. The molecular formula is C23H25N3O. The number of anilines is 1. The van der Waals surface area contributed by atoms with Gasteiger partial charge in [-0.1, -0.05) is 18.2 Å². The molecule has 138 valence electrons. The number of carbonyl (C=O) groups excluding carboxylic acids is 1. The molecule has 4 heteroatoms. The summed E-state index contributed by atoms with van der Waals surface area (Å²) < 4.78 is 0. The Morgan fingerprint density at radius 3 is 2.41 bits per heavy atom. The van der Waals surface area contributed by atoms with Gasteiger partial charge in [-0.2, -0.15) is 0 Å². The van der Waals surface area contributed by atoms with Crippen LogP contribution in [0.4, 0.5) is 5.69 Å². The fourth-order valence-electron chi connectivity index (χ4n) is 6.93. The van der Waals surface area contributed by atoms with Crippen LogP contribution in [0.15, 0.2) is 30.3 Å². The summed E-state index contributed by atoms with van der Waals surface area (Å²) in [5, 5.41) is 17.6. The first-order chi connectivity index (χ1) is 13.1. The van der Waals surface area contributed by atoms with E-state index >= 15 is 0 Å². The van der Waals surface area contributed by atoms with Crippen LogP contribution in [0.3, 0.4) is 0 Å². The van der Waals surface area contributed by atoms with Gasteiger partial charge in [-0.3, -0.25) is 10.2 Å². The maximum atomic E-state index is 12.2. The van der Waals surface area contributed by atoms with E-state index in [1.54, 1.807) is 0 Å². The highest BCUT2D eigenvalue weighted by Crippen LogP contribution is 2.55. The quantitative estimate of drug-likeness (QED) is 0.547. The molecule has 4 saturated carbocycles. The van der Waals surface area contributed by atoms with Crippen LogP contribution in [-0.2, 0) is 6.42 Å². The van der Waals surface area contributed by atoms with Crippen molar-refractivity contribution in [2.75, 3.05) is 5.32 Å². The monoisotopic (exact) mass is 359 g/mol. The molecule has 0 saturated heterocycles. The Bertz CT molecular complexity index is 957. The molecule has 0 unspecified atom stereocenters. The zero-order chi connectivity index (χ0) is 18.2. The van der Waals surface area contributed by atoms with Gasteiger partial charge < -0.3 is 10.6 Å². The molecule has 2 aromatic carbocycles. The lowest BCUT2D eigenvalue weighted by atomic mass is 9.53. The largest absolute Gasteiger partial charge is 0.351 e. The minimum Gasteiger partial charge on any atom is -0.351 e. The zero-order valence-corrected chi connectivity index (χ0v) is 15.5. The van der Waals surface area contributed by atoms with Crippen LogP contribution in [0.25, 0.3) is 10.8 Å². The lowest BCUT2D eigenvalue weighted by Gasteiger charge is -2.57. The van der Waals surface area contributed by atoms with Gasteiger partial charge in [0.05, 0.1) is 0 Å². The highest BCUT2D eigenvalue weighted by Gasteiger charge is 2.51. The van der Waals surface area contributed by atoms with Crippen LogP contribution >= 0.6 is 0 Å². The normalized spacial score (nSPS) is 32.9. The SMILES string of the molecule is N=C(Nc1ccc2c3c(cccc13)CC2=O)NC12CC3CC(CC(C3)C1)C2. The Balaban J connectivity index is 1.28. The first-order valence-corrected chi connectivity index (χ1v) is 10.3. The number of hydrogen-bond donors (Lipinski definition) is 3. The van der Waals surface area contributed by atoms with Gasteiger partial charge in [-0.25, -0.2) is 0 Å². The molecule has 3 N–H and O–H groups in total. The number of guanidine groups is 1. The fourth-order valence-corrected chi connectivity index (χ4v) is 6.93. The van der Waals surface area contributed by atoms with Crippen molar-refractivity contribution in [2.24, 2.45) is 17.8 Å². The number of Topliss-reactive ketones (excluding diaryl/α,β-unsaturated/α-hetero) is 1. The van der Waals surface area contributed by atoms with Gasteiger partial charge in [0, 0.05) is 28.6 Å². The van der Waals surface area contributed by atoms with Crippen molar-refractivity contribution in [3.8, 4) is 0 Å². The van der Waals surface area contributed by atoms with E-state index in [2.05, 4.69) is 16.7 Å². The summed E-state index contributed by atoms with van der Waals surface area (Å²) in [7, 11) is 0. The summed E-state index contributed by atoms with van der Waals surface area (Å²) in [5.74, 6) is 3.19. The maximum Gasteiger partial charge on any atom is 0.193 e. The highest BCUT2D eigenvalue weighted by atomic mass is 16.1. The molecule has 2 aromatic rings. The second kappa shape index (κ2) is 5.34. The van der Waals surface area contributed by atoms with E-state index in [1.807, 2.05) is 24.3 Å². The van der Waals surface area contributed by atoms with Crippen LogP contribution in [0.1, 0.15) is 54.4 Å². The summed E-state index contributed by atoms with van der Waals surface area (Å²) in [6.07, 6.45) is 8.39. The highest BCUT2D eigenvalue weighted by molar-refractivity contribution is 6.19. The van der Waals surface area contributed by atoms with Crippen LogP contribution in [-0.4, -0.2) is 17.3 Å². The van der Waals surface area contributed by atoms with E-state index in [9.17, 15) is 4.79 Å². The molecule has 4 nitrogen and oxygen atoms in total. The minimum atomic E-state index is 0.129. The molecule has 0 heterocycles. The molecule has 0 radical (unpaired) electrons. The molecule has 5 aliphatic carbocycles. The van der Waals surface area contributed by atoms with Gasteiger partial charge in [0.25, 0.3) is 0 Å². The average Bonchev–Trinajstić information content (AvgIpc) is 2.92. The predicted molar refractivity (Wildman–Crippen MR) is 107 cm³/mol. The summed E-state index contributed by atoms with van der Waals surface area (Å²) in [5.41, 5.74) is 2.99. The summed E-state index contributed by atoms with van der Waals surface area (Å²) in [4.78, 5) is 12.2. The molecular weight excluding hydrogens is 334 g/mol. The van der Waals surface area contributed by atoms with E-state index < -0.39 is 0 Å². The molecule has 0 aromatic heterocycles. The number of ketones is 1. The number of benzene rings is 2. The van der Waals surface area contributed by atoms with Gasteiger partial charge in [0.15, 0.2) is 11.7 Å². The zero-order valence-electron chi connectivity index (χ0n) is 15.5. The summed E-state index contributed by atoms with van der Waals surface area (Å²) in [6.45, 7) is 0. The van der Waals surface area contributed by atoms with E-state index in [-0.39, 0.29) is 11.3 Å². The van der Waals surface area contributed by atoms with E-state index in [0.717, 1.165) is 45.3 Å². The van der Waals surface area contributed by atoms with Crippen molar-refractivity contribution in [3.63, 3.8) is 0 Å². The minimum absolute atomic E-state index is 0.129. The molecule has 0 spiro atoms. The number of carbonyl (C=O) groups is 1. The molecule has 0 amide bonds. The molecule has 7 rings (SSSR count). The molecule has 0 atom stereocenters. The Hall–Kier alpha value is -2.36. The molecule has 5 aliphatic rings. The third kappa shape index (κ3) is 2.35. The topological polar surface area (TPSA) is 65.0 Å². The van der Waals surface area contributed by atoms with Crippen LogP contribution in [0.2, 0.25) is 0 Å². The Morgan fingerprint density at radius 1 is 1.00 bits per heavy atom. The number of rotatable bonds is 2. The van der Waals surface area contributed by atoms with Crippen LogP contribution in [0.5, 0.6) is 0 Å². The Morgan fingerprint density at radius 2 is 1.70 bits per heavy atom. The number of hydrogen-bond acceptors (Lipinski definition) is 2. The second-order valence-electron chi connectivity index (χ2n) is 9.42. The van der Waals surface area contributed by atoms with Gasteiger partial charge in [-0.05, 0) is 79.4 Å². The van der Waals surface area contributed by atoms with Crippen molar-refractivity contribution >= 4 is 28.2 Å². The molecule has 4 bridgehead atoms. The lowest BCUT2D eigenvalue weighted by Crippen LogP contribution is -2.60. The van der Waals surface area contributed by atoms with Gasteiger partial charge in [0.2, 0.25) is 0 Å². The maximum absolute atomic E-state index is 12.2. The second-order valence-corrected chi connectivity index (χ2v) is 9.42. The van der Waals surface area contributed by atoms with E-state index in [4.69, 9.17) is 5.41 Å². The van der Waals surface area contributed by atoms with Crippen molar-refractivity contribution in [3.05, 3.63) is 41.5 Å². The van der Waals surface area contributed by atoms with Crippen molar-refractivity contribution in [1.29, 1.82) is 5.41 Å². The smallest absolute Gasteiger partial charge is 0.193 e. The van der Waals surface area contributed by atoms with Crippen LogP contribution in [0, 0.1) is 23.2 Å². The number of nitrogens with one attached hydrogen (secondary N) is 3. The first kappa shape index (κ1) is 15.7. The Kier molecular flexibility index (Phi) is 3.10.